The number of para-hydroxylation sites is 1. The molecule has 44 heavy (non-hydrogen) atoms. The van der Waals surface area contributed by atoms with E-state index >= 15 is 0 Å². The van der Waals surface area contributed by atoms with Gasteiger partial charge in [0.15, 0.2) is 17.0 Å². The summed E-state index contributed by atoms with van der Waals surface area (Å²) in [5.41, 5.74) is 8.55. The van der Waals surface area contributed by atoms with Crippen LogP contribution >= 0.6 is 0 Å². The number of hydrogen-bond acceptors (Lipinski definition) is 6. The Morgan fingerprint density at radius 2 is 1.64 bits per heavy atom. The van der Waals surface area contributed by atoms with E-state index in [4.69, 9.17) is 15.0 Å². The van der Waals surface area contributed by atoms with Crippen molar-refractivity contribution in [3.63, 3.8) is 0 Å². The van der Waals surface area contributed by atoms with Crippen LogP contribution in [0.3, 0.4) is 0 Å². The normalized spacial score (nSPS) is 11.7. The lowest BCUT2D eigenvalue weighted by Gasteiger charge is -2.19. The molecule has 5 aromatic heterocycles. The quantitative estimate of drug-likeness (QED) is 0.297. The van der Waals surface area contributed by atoms with Crippen molar-refractivity contribution in [1.29, 1.82) is 0 Å². The van der Waals surface area contributed by atoms with E-state index in [1.54, 1.807) is 35.9 Å². The maximum Gasteiger partial charge on any atom is 0.328 e. The van der Waals surface area contributed by atoms with Crippen LogP contribution in [-0.2, 0) is 20.6 Å². The molecule has 1 N–H and O–H groups in total. The van der Waals surface area contributed by atoms with Crippen LogP contribution < -0.4 is 10.6 Å². The third-order valence-corrected chi connectivity index (χ3v) is 8.22. The number of benzene rings is 3. The van der Waals surface area contributed by atoms with E-state index in [9.17, 15) is 4.79 Å². The Morgan fingerprint density at radius 3 is 2.50 bits per heavy atom. The molecule has 216 valence electrons. The summed E-state index contributed by atoms with van der Waals surface area (Å²) in [6, 6.07) is 24.4. The Balaban J connectivity index is 1.31. The lowest BCUT2D eigenvalue weighted by Crippen LogP contribution is -2.19. The average molecular weight is 581 g/mol. The van der Waals surface area contributed by atoms with Gasteiger partial charge in [0.2, 0.25) is 0 Å². The molecule has 0 amide bonds. The van der Waals surface area contributed by atoms with Gasteiger partial charge in [0.05, 0.1) is 34.1 Å². The number of anilines is 1. The molecule has 3 aromatic carbocycles. The lowest BCUT2D eigenvalue weighted by atomic mass is 10.1. The van der Waals surface area contributed by atoms with Crippen LogP contribution in [0.2, 0.25) is 0 Å². The van der Waals surface area contributed by atoms with Gasteiger partial charge in [-0.3, -0.25) is 13.7 Å². The van der Waals surface area contributed by atoms with E-state index in [1.807, 2.05) is 72.5 Å². The van der Waals surface area contributed by atoms with Gasteiger partial charge in [0.25, 0.3) is 0 Å². The average Bonchev–Trinajstić information content (AvgIpc) is 3.85. The third kappa shape index (κ3) is 3.93. The second kappa shape index (κ2) is 9.80. The standard InChI is InChI=1S/C33H28N10O/c1-39(18-21-8-6-9-22(16-21)42-14-4-5-15-42)31-29-32(37-20-36-31)43(23-12-13-26-27(17-23)41(3)33(44)40(26)2)30(38-29)24-10-7-11-25-28(24)35-19-34-25/h4-17,19-20H,18H2,1-3H3,(H,34,35). The molecular formula is C33H28N10O. The molecule has 0 spiro atoms. The summed E-state index contributed by atoms with van der Waals surface area (Å²) < 4.78 is 7.43. The zero-order chi connectivity index (χ0) is 29.9. The van der Waals surface area contributed by atoms with E-state index in [1.165, 1.54) is 0 Å². The summed E-state index contributed by atoms with van der Waals surface area (Å²) in [6.45, 7) is 0.621. The van der Waals surface area contributed by atoms with Crippen LogP contribution in [0, 0.1) is 0 Å². The number of hydrogen-bond donors (Lipinski definition) is 1. The van der Waals surface area contributed by atoms with E-state index in [0.29, 0.717) is 29.4 Å². The van der Waals surface area contributed by atoms with Crippen LogP contribution in [-0.4, -0.2) is 50.2 Å². The van der Waals surface area contributed by atoms with E-state index in [-0.39, 0.29) is 5.69 Å². The Kier molecular flexibility index (Phi) is 5.73. The number of nitrogens with one attached hydrogen (secondary N) is 1. The second-order valence-corrected chi connectivity index (χ2v) is 10.9. The summed E-state index contributed by atoms with van der Waals surface area (Å²) in [7, 11) is 5.58. The van der Waals surface area contributed by atoms with Gasteiger partial charge >= 0.3 is 5.69 Å². The topological polar surface area (TPSA) is 107 Å². The number of nitrogens with zero attached hydrogens (tertiary/aromatic N) is 9. The van der Waals surface area contributed by atoms with Crippen molar-refractivity contribution in [3.8, 4) is 22.8 Å². The van der Waals surface area contributed by atoms with Gasteiger partial charge in [-0.2, -0.15) is 0 Å². The summed E-state index contributed by atoms with van der Waals surface area (Å²) >= 11 is 0. The molecule has 0 fully saturated rings. The van der Waals surface area contributed by atoms with Crippen LogP contribution in [0.5, 0.6) is 0 Å². The molecule has 8 rings (SSSR count). The maximum absolute atomic E-state index is 12.7. The summed E-state index contributed by atoms with van der Waals surface area (Å²) in [5, 5.41) is 0. The largest absolute Gasteiger partial charge is 0.353 e. The number of aromatic nitrogens is 9. The molecule has 0 atom stereocenters. The molecule has 8 aromatic rings. The zero-order valence-corrected chi connectivity index (χ0v) is 24.4. The first kappa shape index (κ1) is 25.7. The summed E-state index contributed by atoms with van der Waals surface area (Å²) in [6.07, 6.45) is 7.34. The van der Waals surface area contributed by atoms with Gasteiger partial charge < -0.3 is 14.5 Å². The Labute approximate surface area is 251 Å². The summed E-state index contributed by atoms with van der Waals surface area (Å²) in [5.74, 6) is 1.39. The van der Waals surface area contributed by atoms with E-state index in [2.05, 4.69) is 43.7 Å². The van der Waals surface area contributed by atoms with Crippen molar-refractivity contribution < 1.29 is 0 Å². The van der Waals surface area contributed by atoms with Crippen molar-refractivity contribution in [1.82, 2.24) is 43.2 Å². The van der Waals surface area contributed by atoms with Crippen molar-refractivity contribution in [2.45, 2.75) is 6.54 Å². The molecule has 5 heterocycles. The Bertz CT molecular complexity index is 2390. The highest BCUT2D eigenvalue weighted by Gasteiger charge is 2.23. The van der Waals surface area contributed by atoms with Crippen LogP contribution in [0.1, 0.15) is 5.56 Å². The first-order valence-electron chi connectivity index (χ1n) is 14.2. The lowest BCUT2D eigenvalue weighted by molar-refractivity contribution is 0.795. The minimum atomic E-state index is -0.0822. The Hall–Kier alpha value is -5.97. The van der Waals surface area contributed by atoms with Gasteiger partial charge in [0, 0.05) is 51.3 Å². The highest BCUT2D eigenvalue weighted by Crippen LogP contribution is 2.34. The minimum absolute atomic E-state index is 0.0822. The number of rotatable bonds is 6. The number of aromatic amines is 1. The van der Waals surface area contributed by atoms with Crippen molar-refractivity contribution >= 4 is 39.0 Å². The molecular weight excluding hydrogens is 552 g/mol. The predicted molar refractivity (Wildman–Crippen MR) is 171 cm³/mol. The molecule has 11 heteroatoms. The molecule has 0 aliphatic carbocycles. The van der Waals surface area contributed by atoms with Crippen LogP contribution in [0.15, 0.2) is 103 Å². The molecule has 0 bridgehead atoms. The van der Waals surface area contributed by atoms with Gasteiger partial charge in [-0.1, -0.05) is 18.2 Å². The third-order valence-electron chi connectivity index (χ3n) is 8.22. The molecule has 0 unspecified atom stereocenters. The smallest absolute Gasteiger partial charge is 0.328 e. The maximum atomic E-state index is 12.7. The molecule has 0 radical (unpaired) electrons. The fourth-order valence-corrected chi connectivity index (χ4v) is 6.04. The number of aryl methyl sites for hydroxylation is 2. The van der Waals surface area contributed by atoms with Crippen LogP contribution in [0.25, 0.3) is 56.0 Å². The number of fused-ring (bicyclic) bond motifs is 3. The van der Waals surface area contributed by atoms with E-state index in [0.717, 1.165) is 44.6 Å². The first-order valence-corrected chi connectivity index (χ1v) is 14.2. The summed E-state index contributed by atoms with van der Waals surface area (Å²) in [4.78, 5) is 37.3. The van der Waals surface area contributed by atoms with Crippen molar-refractivity contribution in [2.75, 3.05) is 11.9 Å². The van der Waals surface area contributed by atoms with Gasteiger partial charge in [0.1, 0.15) is 12.2 Å². The van der Waals surface area contributed by atoms with E-state index < -0.39 is 0 Å². The van der Waals surface area contributed by atoms with Crippen molar-refractivity contribution in [3.05, 3.63) is 114 Å². The van der Waals surface area contributed by atoms with Gasteiger partial charge in [-0.15, -0.1) is 0 Å². The fourth-order valence-electron chi connectivity index (χ4n) is 6.04. The molecule has 0 saturated carbocycles. The second-order valence-electron chi connectivity index (χ2n) is 10.9. The molecule has 0 aliphatic heterocycles. The predicted octanol–water partition coefficient (Wildman–Crippen LogP) is 4.98. The minimum Gasteiger partial charge on any atom is -0.353 e. The van der Waals surface area contributed by atoms with Gasteiger partial charge in [-0.05, 0) is 60.2 Å². The number of H-pyrrole nitrogens is 1. The number of imidazole rings is 3. The zero-order valence-electron chi connectivity index (χ0n) is 24.4. The first-order chi connectivity index (χ1) is 21.5. The van der Waals surface area contributed by atoms with Crippen LogP contribution in [0.4, 0.5) is 5.82 Å². The van der Waals surface area contributed by atoms with Crippen molar-refractivity contribution in [2.24, 2.45) is 14.1 Å². The van der Waals surface area contributed by atoms with Gasteiger partial charge in [-0.25, -0.2) is 24.7 Å². The molecule has 0 saturated heterocycles. The SMILES string of the molecule is CN(Cc1cccc(-n2cccc2)c1)c1ncnc2c1nc(-c1cccc3[nH]cnc13)n2-c1ccc2c(c1)n(C)c(=O)n2C. The molecule has 0 aliphatic rings. The Morgan fingerprint density at radius 1 is 0.818 bits per heavy atom. The monoisotopic (exact) mass is 580 g/mol. The highest BCUT2D eigenvalue weighted by molar-refractivity contribution is 5.95. The highest BCUT2D eigenvalue weighted by atomic mass is 16.1. The fraction of sp³-hybridized carbons (Fsp3) is 0.121. The molecule has 11 nitrogen and oxygen atoms in total.